The van der Waals surface area contributed by atoms with Crippen molar-refractivity contribution in [1.82, 2.24) is 0 Å². The van der Waals surface area contributed by atoms with Crippen LogP contribution in [0.2, 0.25) is 0 Å². The van der Waals surface area contributed by atoms with E-state index in [1.807, 2.05) is 0 Å². The first-order chi connectivity index (χ1) is 10.3. The van der Waals surface area contributed by atoms with Crippen LogP contribution in [-0.2, 0) is 12.8 Å². The number of allylic oxidation sites excluding steroid dienone is 1. The van der Waals surface area contributed by atoms with Crippen LogP contribution in [0, 0.1) is 0 Å². The lowest BCUT2D eigenvalue weighted by atomic mass is 10.1. The molecule has 0 saturated carbocycles. The topological polar surface area (TPSA) is 0 Å². The summed E-state index contributed by atoms with van der Waals surface area (Å²) < 4.78 is 0. The van der Waals surface area contributed by atoms with Gasteiger partial charge < -0.3 is 0 Å². The predicted molar refractivity (Wildman–Crippen MR) is 91.4 cm³/mol. The van der Waals surface area contributed by atoms with E-state index < -0.39 is 0 Å². The van der Waals surface area contributed by atoms with E-state index in [1.165, 1.54) is 23.1 Å². The van der Waals surface area contributed by atoms with Crippen LogP contribution in [0.5, 0.6) is 0 Å². The maximum Gasteiger partial charge on any atom is -0.0206 e. The number of rotatable bonds is 7. The van der Waals surface area contributed by atoms with Crippen LogP contribution >= 0.6 is 0 Å². The molecule has 0 radical (unpaired) electrons. The van der Waals surface area contributed by atoms with Gasteiger partial charge in [-0.15, -0.1) is 5.73 Å². The van der Waals surface area contributed by atoms with E-state index in [2.05, 4.69) is 79.4 Å². The summed E-state index contributed by atoms with van der Waals surface area (Å²) in [5, 5.41) is 0. The number of unbranched alkanes of at least 4 members (excludes halogenated alkanes) is 1. The van der Waals surface area contributed by atoms with Gasteiger partial charge in [-0.2, -0.15) is 0 Å². The summed E-state index contributed by atoms with van der Waals surface area (Å²) in [7, 11) is 0. The third kappa shape index (κ3) is 6.29. The molecular formula is C21H24. The Balaban J connectivity index is 1.69. The largest absolute Gasteiger partial charge is 0.126 e. The number of benzene rings is 2. The molecule has 0 saturated heterocycles. The van der Waals surface area contributed by atoms with Crippen molar-refractivity contribution in [2.24, 2.45) is 0 Å². The first kappa shape index (κ1) is 15.4. The predicted octanol–water partition coefficient (Wildman–Crippen LogP) is 5.74. The van der Waals surface area contributed by atoms with Gasteiger partial charge in [0.2, 0.25) is 0 Å². The van der Waals surface area contributed by atoms with Gasteiger partial charge >= 0.3 is 0 Å². The minimum absolute atomic E-state index is 1.10. The zero-order valence-corrected chi connectivity index (χ0v) is 12.9. The average Bonchev–Trinajstić information content (AvgIpc) is 2.54. The molecule has 0 aliphatic rings. The molecule has 0 amide bonds. The Hall–Kier alpha value is -2.04. The molecule has 2 aromatic rings. The molecule has 108 valence electrons. The van der Waals surface area contributed by atoms with Gasteiger partial charge in [-0.1, -0.05) is 60.7 Å². The Bertz CT molecular complexity index is 572. The summed E-state index contributed by atoms with van der Waals surface area (Å²) in [5.74, 6) is 0. The zero-order valence-electron chi connectivity index (χ0n) is 12.9. The molecule has 0 bridgehead atoms. The number of aryl methyl sites for hydroxylation is 2. The lowest BCUT2D eigenvalue weighted by molar-refractivity contribution is 0.842. The van der Waals surface area contributed by atoms with Crippen molar-refractivity contribution >= 4 is 0 Å². The molecule has 0 unspecified atom stereocenters. The first-order valence-corrected chi connectivity index (χ1v) is 7.83. The van der Waals surface area contributed by atoms with E-state index in [9.17, 15) is 0 Å². The van der Waals surface area contributed by atoms with Gasteiger partial charge in [0.25, 0.3) is 0 Å². The maximum atomic E-state index is 3.43. The Morgan fingerprint density at radius 3 is 2.05 bits per heavy atom. The summed E-state index contributed by atoms with van der Waals surface area (Å²) in [6.07, 6.45) is 7.86. The molecule has 0 atom stereocenters. The molecule has 0 aliphatic heterocycles. The van der Waals surface area contributed by atoms with Gasteiger partial charge in [-0.3, -0.25) is 0 Å². The van der Waals surface area contributed by atoms with E-state index in [-0.39, 0.29) is 0 Å². The van der Waals surface area contributed by atoms with Gasteiger partial charge in [0.1, 0.15) is 0 Å². The molecule has 2 aromatic carbocycles. The molecule has 0 heterocycles. The van der Waals surface area contributed by atoms with Crippen molar-refractivity contribution in [2.45, 2.75) is 39.0 Å². The summed E-state index contributed by atoms with van der Waals surface area (Å²) in [5.41, 5.74) is 7.61. The monoisotopic (exact) mass is 276 g/mol. The second-order valence-electron chi connectivity index (χ2n) is 5.49. The molecule has 2 rings (SSSR count). The van der Waals surface area contributed by atoms with Crippen molar-refractivity contribution in [2.75, 3.05) is 0 Å². The SMILES string of the molecule is CC(=C=CCCCc1ccccc1)CCc1ccccc1. The molecule has 21 heavy (non-hydrogen) atoms. The lowest BCUT2D eigenvalue weighted by Crippen LogP contribution is -1.85. The highest BCUT2D eigenvalue weighted by molar-refractivity contribution is 5.16. The van der Waals surface area contributed by atoms with E-state index >= 15 is 0 Å². The van der Waals surface area contributed by atoms with E-state index in [0.717, 1.165) is 25.7 Å². The van der Waals surface area contributed by atoms with Crippen LogP contribution in [0.3, 0.4) is 0 Å². The molecule has 0 aliphatic carbocycles. The fourth-order valence-electron chi connectivity index (χ4n) is 2.35. The van der Waals surface area contributed by atoms with E-state index in [4.69, 9.17) is 0 Å². The van der Waals surface area contributed by atoms with E-state index in [0.29, 0.717) is 0 Å². The molecule has 0 fully saturated rings. The second-order valence-corrected chi connectivity index (χ2v) is 5.49. The first-order valence-electron chi connectivity index (χ1n) is 7.83. The molecule has 0 heteroatoms. The lowest BCUT2D eigenvalue weighted by Gasteiger charge is -2.00. The Kier molecular flexibility index (Phi) is 6.58. The van der Waals surface area contributed by atoms with Crippen LogP contribution in [0.15, 0.2) is 78.0 Å². The van der Waals surface area contributed by atoms with Crippen molar-refractivity contribution in [1.29, 1.82) is 0 Å². The highest BCUT2D eigenvalue weighted by Crippen LogP contribution is 2.08. The normalized spacial score (nSPS) is 9.95. The van der Waals surface area contributed by atoms with Crippen LogP contribution in [0.1, 0.15) is 37.3 Å². The maximum absolute atomic E-state index is 3.43. The molecule has 0 nitrogen and oxygen atoms in total. The van der Waals surface area contributed by atoms with Crippen molar-refractivity contribution in [3.8, 4) is 0 Å². The quantitative estimate of drug-likeness (QED) is 0.446. The van der Waals surface area contributed by atoms with Crippen molar-refractivity contribution < 1.29 is 0 Å². The van der Waals surface area contributed by atoms with Crippen LogP contribution < -0.4 is 0 Å². The fraction of sp³-hybridized carbons (Fsp3) is 0.286. The van der Waals surface area contributed by atoms with Crippen molar-refractivity contribution in [3.63, 3.8) is 0 Å². The standard InChI is InChI=1S/C21H24/c1-19(17-18-21-15-9-4-10-16-21)11-5-2-6-12-20-13-7-3-8-14-20/h3-5,7-10,13-16H,2,6,12,17-18H2,1H3. The van der Waals surface area contributed by atoms with Crippen LogP contribution in [0.25, 0.3) is 0 Å². The Labute approximate surface area is 128 Å². The highest BCUT2D eigenvalue weighted by Gasteiger charge is 1.93. The minimum Gasteiger partial charge on any atom is -0.126 e. The number of hydrogen-bond donors (Lipinski definition) is 0. The smallest absolute Gasteiger partial charge is 0.0206 e. The summed E-state index contributed by atoms with van der Waals surface area (Å²) in [6.45, 7) is 2.18. The van der Waals surface area contributed by atoms with Crippen LogP contribution in [-0.4, -0.2) is 0 Å². The number of hydrogen-bond acceptors (Lipinski definition) is 0. The average molecular weight is 276 g/mol. The van der Waals surface area contributed by atoms with Gasteiger partial charge in [0.15, 0.2) is 0 Å². The Morgan fingerprint density at radius 2 is 1.43 bits per heavy atom. The third-order valence-electron chi connectivity index (χ3n) is 3.64. The van der Waals surface area contributed by atoms with Crippen LogP contribution in [0.4, 0.5) is 0 Å². The van der Waals surface area contributed by atoms with Gasteiger partial charge in [-0.25, -0.2) is 0 Å². The minimum atomic E-state index is 1.10. The third-order valence-corrected chi connectivity index (χ3v) is 3.64. The van der Waals surface area contributed by atoms with Gasteiger partial charge in [0.05, 0.1) is 0 Å². The Morgan fingerprint density at radius 1 is 0.857 bits per heavy atom. The summed E-state index contributed by atoms with van der Waals surface area (Å²) in [4.78, 5) is 0. The molecular weight excluding hydrogens is 252 g/mol. The summed E-state index contributed by atoms with van der Waals surface area (Å²) >= 11 is 0. The summed E-state index contributed by atoms with van der Waals surface area (Å²) in [6, 6.07) is 21.4. The van der Waals surface area contributed by atoms with Crippen molar-refractivity contribution in [3.05, 3.63) is 89.2 Å². The van der Waals surface area contributed by atoms with E-state index in [1.54, 1.807) is 0 Å². The molecule has 0 aromatic heterocycles. The molecule has 0 spiro atoms. The van der Waals surface area contributed by atoms with Gasteiger partial charge in [-0.05, 0) is 61.8 Å². The molecule has 0 N–H and O–H groups in total. The highest BCUT2D eigenvalue weighted by atomic mass is 14.0. The zero-order chi connectivity index (χ0) is 14.8. The second kappa shape index (κ2) is 9.00. The fourth-order valence-corrected chi connectivity index (χ4v) is 2.35. The van der Waals surface area contributed by atoms with Gasteiger partial charge in [0, 0.05) is 0 Å².